The monoisotopic (exact) mass is 235 g/mol. The molecular weight excluding hydrogens is 204 g/mol. The molecule has 0 heteroatoms. The number of hydrogen-bond acceptors (Lipinski definition) is 0. The van der Waals surface area contributed by atoms with E-state index in [4.69, 9.17) is 0 Å². The van der Waals surface area contributed by atoms with Gasteiger partial charge in [-0.2, -0.15) is 0 Å². The summed E-state index contributed by atoms with van der Waals surface area (Å²) < 4.78 is 0. The maximum Gasteiger partial charge on any atom is -0.0348 e. The Balaban J connectivity index is 2.98. The first-order chi connectivity index (χ1) is 8.41. The number of allylic oxidation sites excluding steroid dienone is 4. The Hall–Kier alpha value is -0.520. The number of rotatable bonds is 12. The van der Waals surface area contributed by atoms with Gasteiger partial charge in [-0.3, -0.25) is 0 Å². The molecule has 0 saturated heterocycles. The van der Waals surface area contributed by atoms with Gasteiger partial charge in [0.25, 0.3) is 0 Å². The molecule has 0 amide bonds. The zero-order valence-electron chi connectivity index (χ0n) is 11.8. The predicted octanol–water partition coefficient (Wildman–Crippen LogP) is 6.24. The Labute approximate surface area is 109 Å². The Kier molecular flexibility index (Phi) is 15.0. The molecule has 0 aliphatic heterocycles. The van der Waals surface area contributed by atoms with Crippen LogP contribution in [0.2, 0.25) is 0 Å². The van der Waals surface area contributed by atoms with Crippen molar-refractivity contribution in [1.82, 2.24) is 0 Å². The summed E-state index contributed by atoms with van der Waals surface area (Å²) in [6.07, 6.45) is 23.6. The van der Waals surface area contributed by atoms with Crippen molar-refractivity contribution in [2.24, 2.45) is 0 Å². The van der Waals surface area contributed by atoms with Crippen molar-refractivity contribution < 1.29 is 0 Å². The van der Waals surface area contributed by atoms with Gasteiger partial charge in [-0.05, 0) is 19.8 Å². The van der Waals surface area contributed by atoms with E-state index in [1.165, 1.54) is 64.2 Å². The van der Waals surface area contributed by atoms with Crippen molar-refractivity contribution in [3.05, 3.63) is 31.2 Å². The summed E-state index contributed by atoms with van der Waals surface area (Å²) in [5.74, 6) is 0. The molecule has 0 heterocycles. The van der Waals surface area contributed by atoms with Gasteiger partial charge in [0.2, 0.25) is 0 Å². The van der Waals surface area contributed by atoms with Gasteiger partial charge in [-0.1, -0.05) is 89.0 Å². The van der Waals surface area contributed by atoms with Gasteiger partial charge in [0.15, 0.2) is 0 Å². The zero-order chi connectivity index (χ0) is 12.6. The maximum absolute atomic E-state index is 3.87. The van der Waals surface area contributed by atoms with E-state index in [0.717, 1.165) is 6.42 Å². The van der Waals surface area contributed by atoms with E-state index in [2.05, 4.69) is 38.2 Å². The van der Waals surface area contributed by atoms with Gasteiger partial charge in [0, 0.05) is 0 Å². The highest BCUT2D eigenvalue weighted by Gasteiger charge is 1.91. The molecule has 17 heavy (non-hydrogen) atoms. The molecular formula is C17H31. The molecule has 0 atom stereocenters. The predicted molar refractivity (Wildman–Crippen MR) is 80.1 cm³/mol. The van der Waals surface area contributed by atoms with Gasteiger partial charge in [-0.15, -0.1) is 0 Å². The minimum Gasteiger partial charge on any atom is -0.0877 e. The molecule has 0 rings (SSSR count). The quantitative estimate of drug-likeness (QED) is 0.277. The fraction of sp³-hybridized carbons (Fsp3) is 0.706. The van der Waals surface area contributed by atoms with Gasteiger partial charge < -0.3 is 0 Å². The average Bonchev–Trinajstić information content (AvgIpc) is 2.35. The second kappa shape index (κ2) is 15.5. The number of unbranched alkanes of at least 4 members (excludes halogenated alkanes) is 10. The average molecular weight is 235 g/mol. The minimum atomic E-state index is 1.11. The first kappa shape index (κ1) is 16.5. The van der Waals surface area contributed by atoms with Crippen molar-refractivity contribution in [2.75, 3.05) is 0 Å². The zero-order valence-corrected chi connectivity index (χ0v) is 11.8. The third-order valence-corrected chi connectivity index (χ3v) is 3.06. The van der Waals surface area contributed by atoms with Crippen LogP contribution >= 0.6 is 0 Å². The molecule has 0 bridgehead atoms. The fourth-order valence-electron chi connectivity index (χ4n) is 1.96. The summed E-state index contributed by atoms with van der Waals surface area (Å²) in [5, 5.41) is 0. The van der Waals surface area contributed by atoms with Crippen LogP contribution < -0.4 is 0 Å². The summed E-state index contributed by atoms with van der Waals surface area (Å²) in [6, 6.07) is 0. The lowest BCUT2D eigenvalue weighted by Crippen LogP contribution is -1.81. The summed E-state index contributed by atoms with van der Waals surface area (Å²) in [5.41, 5.74) is 0. The molecule has 99 valence electrons. The molecule has 0 unspecified atom stereocenters. The molecule has 0 aromatic heterocycles. The van der Waals surface area contributed by atoms with Crippen molar-refractivity contribution in [3.8, 4) is 0 Å². The van der Waals surface area contributed by atoms with Gasteiger partial charge in [0.05, 0.1) is 0 Å². The Morgan fingerprint density at radius 3 is 1.76 bits per heavy atom. The van der Waals surface area contributed by atoms with Crippen LogP contribution in [0, 0.1) is 6.92 Å². The van der Waals surface area contributed by atoms with Crippen molar-refractivity contribution in [3.63, 3.8) is 0 Å². The van der Waals surface area contributed by atoms with E-state index in [0.29, 0.717) is 0 Å². The standard InChI is InChI=1S/C17H31/c1-3-5-7-9-11-13-15-17-16-14-12-10-8-6-4-2/h4,6,8,10H,1,3,5,7,9,11-17H2,2H3. The molecule has 0 aromatic rings. The third kappa shape index (κ3) is 15.5. The third-order valence-electron chi connectivity index (χ3n) is 3.06. The molecule has 0 nitrogen and oxygen atoms in total. The largest absolute Gasteiger partial charge is 0.0877 e. The minimum absolute atomic E-state index is 1.11. The van der Waals surface area contributed by atoms with Crippen LogP contribution in [-0.2, 0) is 0 Å². The Morgan fingerprint density at radius 2 is 1.24 bits per heavy atom. The second-order valence-corrected chi connectivity index (χ2v) is 4.78. The van der Waals surface area contributed by atoms with Crippen LogP contribution in [0.25, 0.3) is 0 Å². The van der Waals surface area contributed by atoms with Gasteiger partial charge in [-0.25, -0.2) is 0 Å². The Morgan fingerprint density at radius 1 is 0.706 bits per heavy atom. The van der Waals surface area contributed by atoms with Crippen molar-refractivity contribution in [1.29, 1.82) is 0 Å². The maximum atomic E-state index is 3.87. The molecule has 0 aliphatic rings. The van der Waals surface area contributed by atoms with Crippen LogP contribution in [0.3, 0.4) is 0 Å². The summed E-state index contributed by atoms with van der Waals surface area (Å²) in [4.78, 5) is 0. The summed E-state index contributed by atoms with van der Waals surface area (Å²) in [6.45, 7) is 5.93. The highest BCUT2D eigenvalue weighted by molar-refractivity contribution is 5.00. The van der Waals surface area contributed by atoms with Crippen LogP contribution in [0.4, 0.5) is 0 Å². The molecule has 0 aliphatic carbocycles. The molecule has 0 N–H and O–H groups in total. The Bertz CT molecular complexity index is 176. The first-order valence-corrected chi connectivity index (χ1v) is 7.49. The second-order valence-electron chi connectivity index (χ2n) is 4.78. The molecule has 0 aromatic carbocycles. The smallest absolute Gasteiger partial charge is 0.0348 e. The van der Waals surface area contributed by atoms with E-state index in [1.54, 1.807) is 0 Å². The number of hydrogen-bond donors (Lipinski definition) is 0. The summed E-state index contributed by atoms with van der Waals surface area (Å²) >= 11 is 0. The van der Waals surface area contributed by atoms with Crippen molar-refractivity contribution >= 4 is 0 Å². The topological polar surface area (TPSA) is 0 Å². The first-order valence-electron chi connectivity index (χ1n) is 7.49. The van der Waals surface area contributed by atoms with E-state index in [9.17, 15) is 0 Å². The van der Waals surface area contributed by atoms with Crippen LogP contribution in [-0.4, -0.2) is 0 Å². The molecule has 0 fully saturated rings. The van der Waals surface area contributed by atoms with Gasteiger partial charge in [0.1, 0.15) is 0 Å². The molecule has 1 radical (unpaired) electrons. The summed E-state index contributed by atoms with van der Waals surface area (Å²) in [7, 11) is 0. The lowest BCUT2D eigenvalue weighted by molar-refractivity contribution is 0.561. The van der Waals surface area contributed by atoms with Crippen LogP contribution in [0.15, 0.2) is 24.3 Å². The lowest BCUT2D eigenvalue weighted by atomic mass is 10.1. The van der Waals surface area contributed by atoms with Crippen LogP contribution in [0.5, 0.6) is 0 Å². The van der Waals surface area contributed by atoms with E-state index in [-0.39, 0.29) is 0 Å². The van der Waals surface area contributed by atoms with Crippen LogP contribution in [0.1, 0.15) is 77.6 Å². The fourth-order valence-corrected chi connectivity index (χ4v) is 1.96. The molecule has 0 saturated carbocycles. The normalized spacial score (nSPS) is 11.9. The SMILES string of the molecule is [CH2]CCCCCCCCCCCC=CC=CC. The van der Waals surface area contributed by atoms with E-state index < -0.39 is 0 Å². The lowest BCUT2D eigenvalue weighted by Gasteiger charge is -2.01. The molecule has 0 spiro atoms. The highest BCUT2D eigenvalue weighted by atomic mass is 14.0. The van der Waals surface area contributed by atoms with E-state index >= 15 is 0 Å². The highest BCUT2D eigenvalue weighted by Crippen LogP contribution is 2.11. The van der Waals surface area contributed by atoms with Crippen molar-refractivity contribution in [2.45, 2.75) is 77.6 Å². The van der Waals surface area contributed by atoms with E-state index in [1.807, 2.05) is 0 Å². The van der Waals surface area contributed by atoms with Gasteiger partial charge >= 0.3 is 0 Å².